The standard InChI is InChI=1S/C14H15NO5/c1-9(16)10-6-4-5-7-11(10)15-12(14(18)20-3)8-13(17)19-2/h4-8,15H,1-3H3/b12-8+. The number of para-hydroxylation sites is 1. The minimum Gasteiger partial charge on any atom is -0.466 e. The van der Waals surface area contributed by atoms with Crippen LogP contribution in [-0.2, 0) is 19.1 Å². The number of ketones is 1. The Kier molecular flexibility index (Phi) is 5.46. The van der Waals surface area contributed by atoms with E-state index >= 15 is 0 Å². The molecule has 0 saturated heterocycles. The molecule has 0 radical (unpaired) electrons. The van der Waals surface area contributed by atoms with Crippen molar-refractivity contribution in [2.75, 3.05) is 19.5 Å². The molecule has 0 amide bonds. The maximum atomic E-state index is 11.6. The van der Waals surface area contributed by atoms with Crippen molar-refractivity contribution in [2.24, 2.45) is 0 Å². The number of carbonyl (C=O) groups excluding carboxylic acids is 3. The van der Waals surface area contributed by atoms with Crippen LogP contribution in [0.15, 0.2) is 36.0 Å². The van der Waals surface area contributed by atoms with Gasteiger partial charge in [-0.1, -0.05) is 12.1 Å². The molecule has 0 aliphatic carbocycles. The number of anilines is 1. The molecular formula is C14H15NO5. The van der Waals surface area contributed by atoms with Gasteiger partial charge in [-0.05, 0) is 19.1 Å². The molecule has 0 atom stereocenters. The van der Waals surface area contributed by atoms with E-state index in [0.29, 0.717) is 11.3 Å². The van der Waals surface area contributed by atoms with Gasteiger partial charge in [-0.2, -0.15) is 0 Å². The van der Waals surface area contributed by atoms with E-state index in [1.165, 1.54) is 21.1 Å². The highest BCUT2D eigenvalue weighted by atomic mass is 16.5. The Balaban J connectivity index is 3.14. The third kappa shape index (κ3) is 3.94. The smallest absolute Gasteiger partial charge is 0.354 e. The molecule has 6 nitrogen and oxygen atoms in total. The summed E-state index contributed by atoms with van der Waals surface area (Å²) in [7, 11) is 2.38. The lowest BCUT2D eigenvalue weighted by atomic mass is 10.1. The van der Waals surface area contributed by atoms with Crippen LogP contribution in [-0.4, -0.2) is 31.9 Å². The van der Waals surface area contributed by atoms with Gasteiger partial charge in [0.1, 0.15) is 5.70 Å². The minimum atomic E-state index is -0.742. The van der Waals surface area contributed by atoms with Gasteiger partial charge in [0.05, 0.1) is 20.3 Å². The molecule has 0 aliphatic rings. The number of methoxy groups -OCH3 is 2. The summed E-state index contributed by atoms with van der Waals surface area (Å²) >= 11 is 0. The topological polar surface area (TPSA) is 81.7 Å². The highest BCUT2D eigenvalue weighted by Gasteiger charge is 2.15. The number of Topliss-reactive ketones (excluding diaryl/α,β-unsaturated/α-hetero) is 1. The number of rotatable bonds is 5. The van der Waals surface area contributed by atoms with Crippen molar-refractivity contribution in [1.82, 2.24) is 0 Å². The predicted octanol–water partition coefficient (Wildman–Crippen LogP) is 1.53. The van der Waals surface area contributed by atoms with E-state index < -0.39 is 11.9 Å². The van der Waals surface area contributed by atoms with Crippen molar-refractivity contribution in [3.05, 3.63) is 41.6 Å². The van der Waals surface area contributed by atoms with E-state index in [2.05, 4.69) is 14.8 Å². The maximum Gasteiger partial charge on any atom is 0.354 e. The van der Waals surface area contributed by atoms with Crippen LogP contribution in [0.4, 0.5) is 5.69 Å². The second-order valence-electron chi connectivity index (χ2n) is 3.80. The molecule has 0 bridgehead atoms. The van der Waals surface area contributed by atoms with Gasteiger partial charge in [-0.3, -0.25) is 4.79 Å². The van der Waals surface area contributed by atoms with E-state index in [1.807, 2.05) is 0 Å². The first kappa shape index (κ1) is 15.4. The van der Waals surface area contributed by atoms with Crippen LogP contribution < -0.4 is 5.32 Å². The summed E-state index contributed by atoms with van der Waals surface area (Å²) in [6, 6.07) is 6.62. The number of carbonyl (C=O) groups is 3. The average molecular weight is 277 g/mol. The fraction of sp³-hybridized carbons (Fsp3) is 0.214. The lowest BCUT2D eigenvalue weighted by molar-refractivity contribution is -0.138. The largest absolute Gasteiger partial charge is 0.466 e. The summed E-state index contributed by atoms with van der Waals surface area (Å²) in [5.74, 6) is -1.62. The summed E-state index contributed by atoms with van der Waals surface area (Å²) in [4.78, 5) is 34.3. The SMILES string of the molecule is COC(=O)/C=C(/Nc1ccccc1C(C)=O)C(=O)OC. The highest BCUT2D eigenvalue weighted by Crippen LogP contribution is 2.18. The highest BCUT2D eigenvalue weighted by molar-refractivity contribution is 6.03. The number of ether oxygens (including phenoxy) is 2. The quantitative estimate of drug-likeness (QED) is 0.499. The van der Waals surface area contributed by atoms with Crippen LogP contribution in [0, 0.1) is 0 Å². The third-order valence-corrected chi connectivity index (χ3v) is 2.44. The van der Waals surface area contributed by atoms with Crippen LogP contribution in [0.1, 0.15) is 17.3 Å². The Labute approximate surface area is 116 Å². The fourth-order valence-electron chi connectivity index (χ4n) is 1.48. The summed E-state index contributed by atoms with van der Waals surface area (Å²) in [5, 5.41) is 2.71. The van der Waals surface area contributed by atoms with Gasteiger partial charge in [0, 0.05) is 11.3 Å². The second kappa shape index (κ2) is 7.08. The van der Waals surface area contributed by atoms with Crippen LogP contribution in [0.5, 0.6) is 0 Å². The van der Waals surface area contributed by atoms with Crippen LogP contribution in [0.3, 0.4) is 0 Å². The van der Waals surface area contributed by atoms with Crippen LogP contribution in [0.25, 0.3) is 0 Å². The molecule has 0 heterocycles. The molecule has 0 saturated carbocycles. The molecule has 1 rings (SSSR count). The molecule has 6 heteroatoms. The Morgan fingerprint density at radius 3 is 2.30 bits per heavy atom. The first-order valence-corrected chi connectivity index (χ1v) is 5.74. The fourth-order valence-corrected chi connectivity index (χ4v) is 1.48. The normalized spacial score (nSPS) is 10.7. The van der Waals surface area contributed by atoms with Gasteiger partial charge in [0.2, 0.25) is 0 Å². The Morgan fingerprint density at radius 1 is 1.10 bits per heavy atom. The zero-order chi connectivity index (χ0) is 15.1. The molecular weight excluding hydrogens is 262 g/mol. The molecule has 20 heavy (non-hydrogen) atoms. The number of benzene rings is 1. The minimum absolute atomic E-state index is 0.118. The van der Waals surface area contributed by atoms with Gasteiger partial charge < -0.3 is 14.8 Å². The van der Waals surface area contributed by atoms with Crippen molar-refractivity contribution >= 4 is 23.4 Å². The van der Waals surface area contributed by atoms with Crippen molar-refractivity contribution in [3.8, 4) is 0 Å². The van der Waals surface area contributed by atoms with E-state index in [-0.39, 0.29) is 11.5 Å². The van der Waals surface area contributed by atoms with E-state index in [1.54, 1.807) is 24.3 Å². The molecule has 106 valence electrons. The molecule has 0 spiro atoms. The Hall–Kier alpha value is -2.63. The number of esters is 2. The van der Waals surface area contributed by atoms with E-state index in [4.69, 9.17) is 0 Å². The van der Waals surface area contributed by atoms with E-state index in [9.17, 15) is 14.4 Å². The molecule has 0 aliphatic heterocycles. The number of hydrogen-bond donors (Lipinski definition) is 1. The first-order chi connectivity index (χ1) is 9.49. The molecule has 1 N–H and O–H groups in total. The predicted molar refractivity (Wildman–Crippen MR) is 72.2 cm³/mol. The Bertz CT molecular complexity index is 562. The van der Waals surface area contributed by atoms with Gasteiger partial charge in [0.15, 0.2) is 5.78 Å². The van der Waals surface area contributed by atoms with Crippen LogP contribution in [0.2, 0.25) is 0 Å². The van der Waals surface area contributed by atoms with Crippen LogP contribution >= 0.6 is 0 Å². The second-order valence-corrected chi connectivity index (χ2v) is 3.80. The van der Waals surface area contributed by atoms with Crippen molar-refractivity contribution in [2.45, 2.75) is 6.92 Å². The summed E-state index contributed by atoms with van der Waals surface area (Å²) in [6.45, 7) is 1.41. The molecule has 0 fully saturated rings. The monoisotopic (exact) mass is 277 g/mol. The summed E-state index contributed by atoms with van der Waals surface area (Å²) < 4.78 is 9.03. The molecule has 0 unspecified atom stereocenters. The van der Waals surface area contributed by atoms with Gasteiger partial charge in [-0.25, -0.2) is 9.59 Å². The molecule has 1 aromatic carbocycles. The van der Waals surface area contributed by atoms with Gasteiger partial charge >= 0.3 is 11.9 Å². The number of nitrogens with one attached hydrogen (secondary N) is 1. The molecule has 0 aromatic heterocycles. The lowest BCUT2D eigenvalue weighted by Crippen LogP contribution is -2.16. The zero-order valence-corrected chi connectivity index (χ0v) is 11.4. The van der Waals surface area contributed by atoms with Gasteiger partial charge in [0.25, 0.3) is 0 Å². The summed E-state index contributed by atoms with van der Waals surface area (Å²) in [5.41, 5.74) is 0.681. The molecule has 1 aromatic rings. The lowest BCUT2D eigenvalue weighted by Gasteiger charge is -2.11. The zero-order valence-electron chi connectivity index (χ0n) is 11.4. The van der Waals surface area contributed by atoms with Gasteiger partial charge in [-0.15, -0.1) is 0 Å². The average Bonchev–Trinajstić information content (AvgIpc) is 2.45. The number of hydrogen-bond acceptors (Lipinski definition) is 6. The first-order valence-electron chi connectivity index (χ1n) is 5.74. The Morgan fingerprint density at radius 2 is 1.75 bits per heavy atom. The van der Waals surface area contributed by atoms with Crippen molar-refractivity contribution in [3.63, 3.8) is 0 Å². The van der Waals surface area contributed by atoms with Crippen molar-refractivity contribution < 1.29 is 23.9 Å². The maximum absolute atomic E-state index is 11.6. The third-order valence-electron chi connectivity index (χ3n) is 2.44. The van der Waals surface area contributed by atoms with E-state index in [0.717, 1.165) is 6.08 Å². The summed E-state index contributed by atoms with van der Waals surface area (Å²) in [6.07, 6.45) is 0.961. The van der Waals surface area contributed by atoms with Crippen molar-refractivity contribution in [1.29, 1.82) is 0 Å².